The standard InChI is InChI=1S/C17H25N3O/c1-14-6-5-7-15(20-10-12-21-13-11-20)17(14)18-16-8-3-4-9-19(16)2/h5-7H,3-4,8-13H2,1-2H3/b18-16+. The molecule has 4 heteroatoms. The molecule has 0 saturated carbocycles. The summed E-state index contributed by atoms with van der Waals surface area (Å²) in [6.07, 6.45) is 3.62. The second-order valence-electron chi connectivity index (χ2n) is 5.95. The minimum absolute atomic E-state index is 0.809. The highest BCUT2D eigenvalue weighted by Crippen LogP contribution is 2.33. The van der Waals surface area contributed by atoms with Gasteiger partial charge in [-0.2, -0.15) is 0 Å². The Hall–Kier alpha value is -1.55. The number of aliphatic imine (C=N–C) groups is 1. The summed E-state index contributed by atoms with van der Waals surface area (Å²) in [4.78, 5) is 9.74. The van der Waals surface area contributed by atoms with E-state index in [9.17, 15) is 0 Å². The van der Waals surface area contributed by atoms with E-state index in [0.29, 0.717) is 0 Å². The fourth-order valence-electron chi connectivity index (χ4n) is 3.07. The molecule has 0 atom stereocenters. The molecule has 4 nitrogen and oxygen atoms in total. The number of hydrogen-bond acceptors (Lipinski definition) is 3. The number of hydrogen-bond donors (Lipinski definition) is 0. The summed E-state index contributed by atoms with van der Waals surface area (Å²) >= 11 is 0. The molecule has 2 aliphatic heterocycles. The lowest BCUT2D eigenvalue weighted by atomic mass is 10.1. The number of nitrogens with zero attached hydrogens (tertiary/aromatic N) is 3. The minimum Gasteiger partial charge on any atom is -0.378 e. The van der Waals surface area contributed by atoms with Gasteiger partial charge in [-0.3, -0.25) is 0 Å². The fourth-order valence-corrected chi connectivity index (χ4v) is 3.07. The number of ether oxygens (including phenoxy) is 1. The van der Waals surface area contributed by atoms with Crippen LogP contribution in [0.2, 0.25) is 0 Å². The zero-order valence-electron chi connectivity index (χ0n) is 13.1. The number of likely N-dealkylation sites (tertiary alicyclic amines) is 1. The highest BCUT2D eigenvalue weighted by Gasteiger charge is 2.18. The quantitative estimate of drug-likeness (QED) is 0.837. The third kappa shape index (κ3) is 3.21. The van der Waals surface area contributed by atoms with Crippen LogP contribution in [0.3, 0.4) is 0 Å². The summed E-state index contributed by atoms with van der Waals surface area (Å²) in [5.74, 6) is 1.23. The molecule has 0 unspecified atom stereocenters. The number of anilines is 1. The molecule has 0 amide bonds. The third-order valence-electron chi connectivity index (χ3n) is 4.39. The van der Waals surface area contributed by atoms with Gasteiger partial charge in [-0.25, -0.2) is 4.99 Å². The maximum atomic E-state index is 5.47. The lowest BCUT2D eigenvalue weighted by Gasteiger charge is -2.31. The molecule has 21 heavy (non-hydrogen) atoms. The summed E-state index contributed by atoms with van der Waals surface area (Å²) in [7, 11) is 2.16. The number of morpholine rings is 1. The summed E-state index contributed by atoms with van der Waals surface area (Å²) < 4.78 is 5.47. The molecular formula is C17H25N3O. The minimum atomic E-state index is 0.809. The highest BCUT2D eigenvalue weighted by atomic mass is 16.5. The van der Waals surface area contributed by atoms with Crippen LogP contribution < -0.4 is 4.90 Å². The Kier molecular flexibility index (Phi) is 4.44. The molecule has 2 heterocycles. The van der Waals surface area contributed by atoms with Crippen molar-refractivity contribution in [2.45, 2.75) is 26.2 Å². The van der Waals surface area contributed by atoms with E-state index in [4.69, 9.17) is 9.73 Å². The maximum absolute atomic E-state index is 5.47. The molecule has 0 radical (unpaired) electrons. The first kappa shape index (κ1) is 14.4. The molecule has 1 aromatic carbocycles. The SMILES string of the molecule is Cc1cccc(N2CCOCC2)c1/N=C1\CCCCN1C. The number of aryl methyl sites for hydroxylation is 1. The number of benzene rings is 1. The van der Waals surface area contributed by atoms with Gasteiger partial charge in [0.15, 0.2) is 0 Å². The van der Waals surface area contributed by atoms with Gasteiger partial charge < -0.3 is 14.5 Å². The monoisotopic (exact) mass is 287 g/mol. The Morgan fingerprint density at radius 3 is 2.67 bits per heavy atom. The van der Waals surface area contributed by atoms with Crippen molar-refractivity contribution in [2.24, 2.45) is 4.99 Å². The van der Waals surface area contributed by atoms with Crippen LogP contribution in [0.1, 0.15) is 24.8 Å². The highest BCUT2D eigenvalue weighted by molar-refractivity contribution is 5.88. The molecular weight excluding hydrogens is 262 g/mol. The zero-order chi connectivity index (χ0) is 14.7. The van der Waals surface area contributed by atoms with Gasteiger partial charge in [-0.05, 0) is 31.4 Å². The van der Waals surface area contributed by atoms with Crippen molar-refractivity contribution in [1.82, 2.24) is 4.90 Å². The van der Waals surface area contributed by atoms with E-state index in [0.717, 1.165) is 45.0 Å². The van der Waals surface area contributed by atoms with Crippen LogP contribution in [0.4, 0.5) is 11.4 Å². The second kappa shape index (κ2) is 6.48. The molecule has 2 fully saturated rings. The van der Waals surface area contributed by atoms with Crippen LogP contribution in [0, 0.1) is 6.92 Å². The molecule has 114 valence electrons. The van der Waals surface area contributed by atoms with Gasteiger partial charge in [-0.1, -0.05) is 12.1 Å². The Balaban J connectivity index is 1.94. The largest absolute Gasteiger partial charge is 0.378 e. The van der Waals surface area contributed by atoms with E-state index in [1.165, 1.54) is 29.9 Å². The van der Waals surface area contributed by atoms with Gasteiger partial charge in [0.2, 0.25) is 0 Å². The zero-order valence-corrected chi connectivity index (χ0v) is 13.1. The summed E-state index contributed by atoms with van der Waals surface area (Å²) in [6, 6.07) is 6.49. The Labute approximate surface area is 127 Å². The number of piperidine rings is 1. The van der Waals surface area contributed by atoms with Gasteiger partial charge >= 0.3 is 0 Å². The summed E-state index contributed by atoms with van der Waals surface area (Å²) in [5.41, 5.74) is 3.65. The molecule has 1 aromatic rings. The average Bonchev–Trinajstić information content (AvgIpc) is 2.52. The predicted molar refractivity (Wildman–Crippen MR) is 87.8 cm³/mol. The van der Waals surface area contributed by atoms with Crippen LogP contribution in [0.25, 0.3) is 0 Å². The molecule has 0 aliphatic carbocycles. The predicted octanol–water partition coefficient (Wildman–Crippen LogP) is 2.98. The van der Waals surface area contributed by atoms with E-state index in [2.05, 4.69) is 42.0 Å². The van der Waals surface area contributed by atoms with Crippen LogP contribution in [-0.2, 0) is 4.74 Å². The van der Waals surface area contributed by atoms with Crippen LogP contribution in [0.5, 0.6) is 0 Å². The average molecular weight is 287 g/mol. The normalized spacial score (nSPS) is 21.9. The number of rotatable bonds is 2. The van der Waals surface area contributed by atoms with Crippen LogP contribution in [0.15, 0.2) is 23.2 Å². The van der Waals surface area contributed by atoms with E-state index in [1.807, 2.05) is 0 Å². The molecule has 2 saturated heterocycles. The van der Waals surface area contributed by atoms with E-state index in [-0.39, 0.29) is 0 Å². The van der Waals surface area contributed by atoms with E-state index in [1.54, 1.807) is 0 Å². The first-order chi connectivity index (χ1) is 10.3. The molecule has 0 aromatic heterocycles. The van der Waals surface area contributed by atoms with Gasteiger partial charge in [0.1, 0.15) is 5.84 Å². The van der Waals surface area contributed by atoms with Crippen LogP contribution >= 0.6 is 0 Å². The number of amidine groups is 1. The van der Waals surface area contributed by atoms with Crippen molar-refractivity contribution in [3.05, 3.63) is 23.8 Å². The maximum Gasteiger partial charge on any atom is 0.105 e. The Morgan fingerprint density at radius 2 is 1.90 bits per heavy atom. The van der Waals surface area contributed by atoms with Crippen LogP contribution in [-0.4, -0.2) is 50.6 Å². The first-order valence-corrected chi connectivity index (χ1v) is 7.97. The van der Waals surface area contributed by atoms with Crippen molar-refractivity contribution in [2.75, 3.05) is 44.8 Å². The lowest BCUT2D eigenvalue weighted by Crippen LogP contribution is -2.36. The molecule has 0 bridgehead atoms. The summed E-state index contributed by atoms with van der Waals surface area (Å²) in [6.45, 7) is 6.81. The van der Waals surface area contributed by atoms with Gasteiger partial charge in [0.25, 0.3) is 0 Å². The lowest BCUT2D eigenvalue weighted by molar-refractivity contribution is 0.123. The second-order valence-corrected chi connectivity index (χ2v) is 5.95. The molecule has 3 rings (SSSR count). The topological polar surface area (TPSA) is 28.1 Å². The van der Waals surface area contributed by atoms with Crippen molar-refractivity contribution < 1.29 is 4.74 Å². The molecule has 2 aliphatic rings. The number of para-hydroxylation sites is 1. The van der Waals surface area contributed by atoms with Gasteiger partial charge in [0.05, 0.1) is 24.6 Å². The van der Waals surface area contributed by atoms with Gasteiger partial charge in [0, 0.05) is 33.1 Å². The smallest absolute Gasteiger partial charge is 0.105 e. The third-order valence-corrected chi connectivity index (χ3v) is 4.39. The Bertz CT molecular complexity index is 521. The fraction of sp³-hybridized carbons (Fsp3) is 0.588. The van der Waals surface area contributed by atoms with Crippen molar-refractivity contribution in [3.8, 4) is 0 Å². The van der Waals surface area contributed by atoms with Crippen molar-refractivity contribution in [3.63, 3.8) is 0 Å². The summed E-state index contributed by atoms with van der Waals surface area (Å²) in [5, 5.41) is 0. The van der Waals surface area contributed by atoms with Gasteiger partial charge in [-0.15, -0.1) is 0 Å². The van der Waals surface area contributed by atoms with E-state index < -0.39 is 0 Å². The molecule has 0 N–H and O–H groups in total. The van der Waals surface area contributed by atoms with Crippen molar-refractivity contribution in [1.29, 1.82) is 0 Å². The Morgan fingerprint density at radius 1 is 1.10 bits per heavy atom. The first-order valence-electron chi connectivity index (χ1n) is 7.97. The molecule has 0 spiro atoms. The van der Waals surface area contributed by atoms with E-state index >= 15 is 0 Å². The van der Waals surface area contributed by atoms with Crippen molar-refractivity contribution >= 4 is 17.2 Å².